The quantitative estimate of drug-likeness (QED) is 0.0117. The van der Waals surface area contributed by atoms with E-state index < -0.39 is 158 Å². The molecule has 147 heavy (non-hydrogen) atoms. The minimum Gasteiger partial charge on any atom is -0.497 e. The first kappa shape index (κ1) is 121. The molecule has 0 fully saturated rings. The van der Waals surface area contributed by atoms with Gasteiger partial charge in [0.15, 0.2) is 39.3 Å². The van der Waals surface area contributed by atoms with Crippen LogP contribution in [0.2, 0.25) is 182 Å². The van der Waals surface area contributed by atoms with Crippen molar-refractivity contribution in [2.75, 3.05) is 68.1 Å². The molecule has 2 N–H and O–H groups in total. The molecule has 0 bridgehead atoms. The van der Waals surface area contributed by atoms with Gasteiger partial charge in [0.2, 0.25) is 0 Å². The molecule has 804 valence electrons. The van der Waals surface area contributed by atoms with Crippen LogP contribution in [0.3, 0.4) is 0 Å². The number of benzene rings is 8. The predicted molar refractivity (Wildman–Crippen MR) is 595 cm³/mol. The molecule has 0 saturated heterocycles. The molecule has 2 aliphatic heterocycles. The number of aliphatic hydroxyl groups excluding tert-OH is 2. The van der Waals surface area contributed by atoms with Gasteiger partial charge in [0, 0.05) is 57.0 Å². The fourth-order valence-electron chi connectivity index (χ4n) is 19.6. The molecule has 10 rings (SSSR count). The summed E-state index contributed by atoms with van der Waals surface area (Å²) in [5.41, 5.74) is 2.60. The monoisotopic (exact) mass is 2250 g/mol. The van der Waals surface area contributed by atoms with Crippen LogP contribution < -0.4 is 28.4 Å². The van der Waals surface area contributed by atoms with Crippen molar-refractivity contribution >= 4 is 180 Å². The minimum absolute atomic E-state index is 0.0105. The average molecular weight is 2260 g/mol. The molecule has 8 aromatic carbocycles. The van der Waals surface area contributed by atoms with E-state index in [1.807, 2.05) is 251 Å². The SMILES string of the molecule is COC(=O)c1c(OC(=O)CCC(=O)OCCOCCC[Si](C)(C)O[Si](C)(C)O[Si](C)(C)O[Si](C)(C)O[Si](C)(C)O[Si](C)(C)O[Si](C)(C)O[Si](C)(C)O[Si](C)(C)O[Si](C)(C)O[Si](C)(C)O[Si](C)(C)O[Si](C)(C)CCCOCCOC(=O)CCC(=O)Oc2c3c(c4ccccc4c2C(=O)OC)OC(c2ccc(CO)cc2)(c2ccc(OC)cc2)C=C3)c2c(c3ccccc13)OC(c1ccc(CO)cc1)(c1ccc(OC)cc1)C=C2. The largest absolute Gasteiger partial charge is 0.497 e. The van der Waals surface area contributed by atoms with Gasteiger partial charge in [0.05, 0.1) is 91.7 Å². The number of carbonyl (C=O) groups is 6. The lowest BCUT2D eigenvalue weighted by atomic mass is 9.82. The van der Waals surface area contributed by atoms with Crippen LogP contribution in [-0.2, 0) is 121 Å². The number of methoxy groups -OCH3 is 4. The van der Waals surface area contributed by atoms with E-state index >= 15 is 0 Å². The van der Waals surface area contributed by atoms with Crippen LogP contribution in [0.4, 0.5) is 0 Å². The van der Waals surface area contributed by atoms with Gasteiger partial charge in [-0.2, -0.15) is 0 Å². The number of hydrogen-bond donors (Lipinski definition) is 2. The Morgan fingerprint density at radius 2 is 0.551 bits per heavy atom. The standard InChI is InChI=1S/C102H152O32Si13/c1-111-81-53-49-79(50-54-81)101(77-45-41-75(73-103)42-46-77)63-61-87-95(121-101)85-39-33-31-37-83(85)93(99(109)113-3)97(87)119-91(107)59-57-89(105)117-69-67-115-65-35-71-135(5,6)123-137(9,10)125-139(13,14)127-141(17,18)129-143(21,22)131-145(25,26)133-147(29,30)134-146(27,28)132-144(23,24)130-142(19,20)128-140(15,16)126-138(11,12)124-136(7,8)72-36-66-116-68-70-118-90(106)58-60-92(108)120-98-88-62-64-102(78-47-43-76(74-104)44-48-78,80-51-55-82(112-2)56-52-80)122-96(88)86-40-34-32-38-84(86)94(98)100(110)114-4/h31-34,37-56,61-64,103-104H,35-36,57-60,65-74H2,1-30H3. The summed E-state index contributed by atoms with van der Waals surface area (Å²) in [6.45, 7) is 54.0. The molecule has 32 nitrogen and oxygen atoms in total. The molecule has 0 spiro atoms. The third-order valence-electron chi connectivity index (χ3n) is 23.3. The van der Waals surface area contributed by atoms with Crippen LogP contribution >= 0.6 is 0 Å². The van der Waals surface area contributed by atoms with Crippen LogP contribution in [0.25, 0.3) is 33.7 Å². The smallest absolute Gasteiger partial charge is 0.342 e. The van der Waals surface area contributed by atoms with Gasteiger partial charge < -0.3 is 116 Å². The highest BCUT2D eigenvalue weighted by Gasteiger charge is 2.54. The minimum atomic E-state index is -2.96. The van der Waals surface area contributed by atoms with Crippen molar-refractivity contribution in [3.63, 3.8) is 0 Å². The van der Waals surface area contributed by atoms with Crippen LogP contribution in [0.1, 0.15) is 104 Å². The molecule has 2 aliphatic rings. The Morgan fingerprint density at radius 1 is 0.299 bits per heavy atom. The lowest BCUT2D eigenvalue weighted by Gasteiger charge is -2.45. The van der Waals surface area contributed by atoms with Crippen molar-refractivity contribution in [3.05, 3.63) is 213 Å². The first-order valence-electron chi connectivity index (χ1n) is 49.6. The normalized spacial score (nSPS) is 15.6. The van der Waals surface area contributed by atoms with E-state index in [1.54, 1.807) is 50.6 Å². The summed E-state index contributed by atoms with van der Waals surface area (Å²) in [6.07, 6.45) is 7.23. The van der Waals surface area contributed by atoms with Gasteiger partial charge in [0.25, 0.3) is 0 Å². The molecule has 0 aromatic heterocycles. The topological polar surface area (TPSA) is 364 Å². The van der Waals surface area contributed by atoms with Gasteiger partial charge in [-0.25, -0.2) is 9.59 Å². The predicted octanol–water partition coefficient (Wildman–Crippen LogP) is 21.6. The second kappa shape index (κ2) is 49.8. The van der Waals surface area contributed by atoms with Gasteiger partial charge in [-0.3, -0.25) is 19.2 Å². The summed E-state index contributed by atoms with van der Waals surface area (Å²) in [5, 5.41) is 21.8. The van der Waals surface area contributed by atoms with Gasteiger partial charge in [-0.05, 0) is 255 Å². The fraction of sp³-hybridized carbons (Fsp3) is 0.471. The third-order valence-corrected chi connectivity index (χ3v) is 74.1. The lowest BCUT2D eigenvalue weighted by Crippen LogP contribution is -2.63. The highest BCUT2D eigenvalue weighted by molar-refractivity contribution is 6.94. The number of aliphatic hydroxyl groups is 2. The van der Waals surface area contributed by atoms with Crippen molar-refractivity contribution in [1.82, 2.24) is 0 Å². The van der Waals surface area contributed by atoms with Gasteiger partial charge in [0.1, 0.15) is 47.3 Å². The number of rotatable bonds is 56. The van der Waals surface area contributed by atoms with Gasteiger partial charge in [-0.1, -0.05) is 121 Å². The van der Waals surface area contributed by atoms with E-state index in [2.05, 4.69) is 52.4 Å². The number of esters is 6. The molecule has 0 radical (unpaired) electrons. The Morgan fingerprint density at radius 3 is 0.810 bits per heavy atom. The van der Waals surface area contributed by atoms with Crippen LogP contribution in [0.5, 0.6) is 34.5 Å². The van der Waals surface area contributed by atoms with E-state index in [9.17, 15) is 39.0 Å². The van der Waals surface area contributed by atoms with Crippen molar-refractivity contribution < 1.29 is 145 Å². The first-order valence-corrected chi connectivity index (χ1v) is 86.8. The number of carbonyl (C=O) groups excluding carboxylic acids is 6. The van der Waals surface area contributed by atoms with Crippen molar-refractivity contribution in [3.8, 4) is 34.5 Å². The maximum atomic E-state index is 13.8. The summed E-state index contributed by atoms with van der Waals surface area (Å²) >= 11 is 0. The van der Waals surface area contributed by atoms with E-state index in [1.165, 1.54) is 14.2 Å². The average Bonchev–Trinajstić information content (AvgIpc) is 0.722. The molecular weight excluding hydrogens is 2100 g/mol. The summed E-state index contributed by atoms with van der Waals surface area (Å²) in [7, 11) is -31.0. The van der Waals surface area contributed by atoms with E-state index in [-0.39, 0.29) is 88.0 Å². The Kier molecular flexibility index (Phi) is 40.9. The third kappa shape index (κ3) is 34.5. The van der Waals surface area contributed by atoms with Crippen LogP contribution in [-0.4, -0.2) is 225 Å². The highest BCUT2D eigenvalue weighted by Crippen LogP contribution is 2.54. The number of ether oxygens (including phenoxy) is 12. The lowest BCUT2D eigenvalue weighted by molar-refractivity contribution is -0.148. The van der Waals surface area contributed by atoms with Gasteiger partial charge in [-0.15, -0.1) is 0 Å². The Hall–Kier alpha value is -8.04. The maximum absolute atomic E-state index is 13.8. The van der Waals surface area contributed by atoms with Crippen molar-refractivity contribution in [1.29, 1.82) is 0 Å². The summed E-state index contributed by atoms with van der Waals surface area (Å²) in [5.74, 6) is -2.54. The Balaban J connectivity index is 0.606. The van der Waals surface area contributed by atoms with Crippen molar-refractivity contribution in [2.24, 2.45) is 0 Å². The molecule has 0 amide bonds. The first-order chi connectivity index (χ1) is 68.5. The van der Waals surface area contributed by atoms with Crippen LogP contribution in [0.15, 0.2) is 158 Å². The Bertz CT molecular complexity index is 5500. The Labute approximate surface area is 880 Å². The van der Waals surface area contributed by atoms with Crippen LogP contribution in [0, 0.1) is 0 Å². The van der Waals surface area contributed by atoms with E-state index in [0.29, 0.717) is 92.9 Å². The molecule has 45 heteroatoms. The molecular formula is C102H152O32Si13. The van der Waals surface area contributed by atoms with E-state index in [4.69, 9.17) is 106 Å². The molecule has 0 saturated carbocycles. The second-order valence-electron chi connectivity index (χ2n) is 42.4. The number of fused-ring (bicyclic) bond motifs is 6. The summed E-state index contributed by atoms with van der Waals surface area (Å²) < 4.78 is 154. The molecule has 2 atom stereocenters. The molecule has 0 aliphatic carbocycles. The van der Waals surface area contributed by atoms with Gasteiger partial charge >= 0.3 is 130 Å². The summed E-state index contributed by atoms with van der Waals surface area (Å²) in [4.78, 5) is 81.3. The molecule has 8 aromatic rings. The zero-order valence-corrected chi connectivity index (χ0v) is 104. The van der Waals surface area contributed by atoms with E-state index in [0.717, 1.165) is 34.3 Å². The molecule has 2 unspecified atom stereocenters. The molecule has 2 heterocycles. The maximum Gasteiger partial charge on any atom is 0.342 e. The second-order valence-corrected chi connectivity index (χ2v) is 91.1. The summed E-state index contributed by atoms with van der Waals surface area (Å²) in [6, 6.07) is 45.4. The van der Waals surface area contributed by atoms with Crippen molar-refractivity contribution in [2.45, 2.75) is 245 Å². The zero-order chi connectivity index (χ0) is 109. The zero-order valence-electron chi connectivity index (χ0n) is 91.1. The highest BCUT2D eigenvalue weighted by atomic mass is 28.5. The number of hydrogen-bond acceptors (Lipinski definition) is 32. The fourth-order valence-corrected chi connectivity index (χ4v) is 86.4.